The third-order valence-electron chi connectivity index (χ3n) is 7.78. The molecule has 0 radical (unpaired) electrons. The van der Waals surface area contributed by atoms with Crippen LogP contribution in [0.1, 0.15) is 36.8 Å². The number of allylic oxidation sites excluding steroid dienone is 13. The van der Waals surface area contributed by atoms with Crippen LogP contribution in [0.25, 0.3) is 11.1 Å². The van der Waals surface area contributed by atoms with Crippen molar-refractivity contribution in [2.45, 2.75) is 25.7 Å². The highest BCUT2D eigenvalue weighted by molar-refractivity contribution is 5.89. The molecule has 1 aliphatic heterocycles. The normalized spacial score (nSPS) is 16.0. The zero-order valence-electron chi connectivity index (χ0n) is 25.2. The van der Waals surface area contributed by atoms with E-state index in [0.717, 1.165) is 55.6 Å². The second-order valence-electron chi connectivity index (χ2n) is 10.5. The van der Waals surface area contributed by atoms with Gasteiger partial charge >= 0.3 is 0 Å². The van der Waals surface area contributed by atoms with Gasteiger partial charge in [0.15, 0.2) is 5.92 Å². The molecule has 220 valence electrons. The lowest BCUT2D eigenvalue weighted by Gasteiger charge is -2.22. The third kappa shape index (κ3) is 7.46. The average Bonchev–Trinajstić information content (AvgIpc) is 3.78. The summed E-state index contributed by atoms with van der Waals surface area (Å²) in [6.45, 7) is 1.85. The van der Waals surface area contributed by atoms with Crippen molar-refractivity contribution in [1.82, 2.24) is 4.90 Å². The molecule has 7 heteroatoms. The van der Waals surface area contributed by atoms with Gasteiger partial charge in [0.25, 0.3) is 0 Å². The first-order valence-electron chi connectivity index (χ1n) is 14.8. The molecule has 2 aromatic carbocycles. The summed E-state index contributed by atoms with van der Waals surface area (Å²) in [4.78, 5) is 2.36. The van der Waals surface area contributed by atoms with Crippen molar-refractivity contribution >= 4 is 11.1 Å². The van der Waals surface area contributed by atoms with Crippen LogP contribution in [-0.4, -0.2) is 18.0 Å². The summed E-state index contributed by atoms with van der Waals surface area (Å²) in [7, 11) is 0. The van der Waals surface area contributed by atoms with Gasteiger partial charge in [0.1, 0.15) is 17.7 Å². The molecular weight excluding hydrogens is 566 g/mol. The highest BCUT2D eigenvalue weighted by Crippen LogP contribution is 2.37. The van der Waals surface area contributed by atoms with Crippen LogP contribution in [0.5, 0.6) is 0 Å². The molecule has 46 heavy (non-hydrogen) atoms. The van der Waals surface area contributed by atoms with Gasteiger partial charge in [0.2, 0.25) is 0 Å². The van der Waals surface area contributed by atoms with Crippen LogP contribution in [0.15, 0.2) is 131 Å². The van der Waals surface area contributed by atoms with Crippen LogP contribution in [0.4, 0.5) is 0 Å². The summed E-state index contributed by atoms with van der Waals surface area (Å²) in [5.41, 5.74) is 5.65. The zero-order valence-corrected chi connectivity index (χ0v) is 25.2. The molecule has 0 bridgehead atoms. The minimum atomic E-state index is -1.08. The Morgan fingerprint density at radius 1 is 0.717 bits per heavy atom. The lowest BCUT2D eigenvalue weighted by Crippen LogP contribution is -2.19. The van der Waals surface area contributed by atoms with Crippen molar-refractivity contribution in [3.63, 3.8) is 0 Å². The van der Waals surface area contributed by atoms with Gasteiger partial charge in [-0.2, -0.15) is 31.6 Å². The fraction of sp³-hybridized carbons (Fsp3) is 0.179. The molecule has 0 atom stereocenters. The fourth-order valence-electron chi connectivity index (χ4n) is 5.70. The summed E-state index contributed by atoms with van der Waals surface area (Å²) in [5, 5.41) is 58.4. The largest absolute Gasteiger partial charge is 0.371 e. The van der Waals surface area contributed by atoms with E-state index in [1.165, 1.54) is 0 Å². The minimum absolute atomic E-state index is 0.126. The van der Waals surface area contributed by atoms with Crippen molar-refractivity contribution in [1.29, 1.82) is 31.6 Å². The van der Waals surface area contributed by atoms with Crippen molar-refractivity contribution in [3.8, 4) is 36.4 Å². The SMILES string of the molecule is N#CC(C#N)=C(/C(C#N)=C/C=C/C1=C(N2CCCC2)C(=C/C=C/C(C#N)=C(\c2ccccc2)C(C#N)C#N)/CC1)c1ccccc1. The molecule has 1 aliphatic carbocycles. The molecule has 1 fully saturated rings. The van der Waals surface area contributed by atoms with E-state index in [2.05, 4.69) is 17.0 Å². The van der Waals surface area contributed by atoms with Gasteiger partial charge in [-0.15, -0.1) is 0 Å². The monoisotopic (exact) mass is 595 g/mol. The van der Waals surface area contributed by atoms with Gasteiger partial charge < -0.3 is 4.90 Å². The van der Waals surface area contributed by atoms with E-state index in [1.54, 1.807) is 60.7 Å². The van der Waals surface area contributed by atoms with E-state index < -0.39 is 5.92 Å². The molecule has 0 unspecified atom stereocenters. The van der Waals surface area contributed by atoms with E-state index in [4.69, 9.17) is 0 Å². The summed E-state index contributed by atoms with van der Waals surface area (Å²) < 4.78 is 0. The second-order valence-corrected chi connectivity index (χ2v) is 10.5. The molecule has 2 aliphatic rings. The summed E-state index contributed by atoms with van der Waals surface area (Å²) in [5.74, 6) is -1.08. The molecule has 7 nitrogen and oxygen atoms in total. The summed E-state index contributed by atoms with van der Waals surface area (Å²) >= 11 is 0. The summed E-state index contributed by atoms with van der Waals surface area (Å²) in [6, 6.07) is 30.2. The van der Waals surface area contributed by atoms with E-state index in [-0.39, 0.29) is 16.7 Å². The Balaban J connectivity index is 1.73. The van der Waals surface area contributed by atoms with Gasteiger partial charge in [-0.1, -0.05) is 85.0 Å². The number of rotatable bonds is 9. The molecule has 0 amide bonds. The smallest absolute Gasteiger partial charge is 0.160 e. The van der Waals surface area contributed by atoms with Crippen molar-refractivity contribution in [2.24, 2.45) is 5.92 Å². The maximum absolute atomic E-state index is 10.0. The Morgan fingerprint density at radius 2 is 1.35 bits per heavy atom. The zero-order chi connectivity index (χ0) is 32.7. The van der Waals surface area contributed by atoms with Gasteiger partial charge in [-0.25, -0.2) is 0 Å². The predicted octanol–water partition coefficient (Wildman–Crippen LogP) is 7.76. The number of hydrogen-bond acceptors (Lipinski definition) is 7. The average molecular weight is 596 g/mol. The maximum atomic E-state index is 10.0. The lowest BCUT2D eigenvalue weighted by molar-refractivity contribution is 0.434. The Bertz CT molecular complexity index is 1910. The molecule has 1 saturated heterocycles. The Kier molecular flexibility index (Phi) is 11.4. The molecular formula is C39H29N7. The van der Waals surface area contributed by atoms with Crippen molar-refractivity contribution in [2.75, 3.05) is 13.1 Å². The lowest BCUT2D eigenvalue weighted by atomic mass is 9.90. The molecule has 0 aromatic heterocycles. The molecule has 0 spiro atoms. The first-order chi connectivity index (χ1) is 22.6. The highest BCUT2D eigenvalue weighted by Gasteiger charge is 2.25. The Labute approximate surface area is 270 Å². The van der Waals surface area contributed by atoms with E-state index >= 15 is 0 Å². The van der Waals surface area contributed by atoms with Gasteiger partial charge in [0.05, 0.1) is 35.4 Å². The van der Waals surface area contributed by atoms with Gasteiger partial charge in [-0.3, -0.25) is 0 Å². The van der Waals surface area contributed by atoms with Crippen LogP contribution in [0.2, 0.25) is 0 Å². The van der Waals surface area contributed by atoms with Crippen LogP contribution < -0.4 is 0 Å². The first-order valence-corrected chi connectivity index (χ1v) is 14.8. The summed E-state index contributed by atoms with van der Waals surface area (Å²) in [6.07, 6.45) is 14.6. The van der Waals surface area contributed by atoms with Crippen molar-refractivity contribution in [3.05, 3.63) is 142 Å². The van der Waals surface area contributed by atoms with Crippen molar-refractivity contribution < 1.29 is 0 Å². The number of nitrogens with zero attached hydrogens (tertiary/aromatic N) is 7. The van der Waals surface area contributed by atoms with E-state index in [0.29, 0.717) is 22.3 Å². The third-order valence-corrected chi connectivity index (χ3v) is 7.78. The number of nitriles is 6. The topological polar surface area (TPSA) is 146 Å². The number of benzene rings is 2. The first kappa shape index (κ1) is 32.3. The van der Waals surface area contributed by atoms with Crippen LogP contribution in [-0.2, 0) is 0 Å². The highest BCUT2D eigenvalue weighted by atomic mass is 15.2. The maximum Gasteiger partial charge on any atom is 0.160 e. The Hall–Kier alpha value is -6.64. The molecule has 0 N–H and O–H groups in total. The second kappa shape index (κ2) is 16.3. The molecule has 0 saturated carbocycles. The molecule has 2 aromatic rings. The minimum Gasteiger partial charge on any atom is -0.371 e. The van der Waals surface area contributed by atoms with E-state index in [9.17, 15) is 31.6 Å². The predicted molar refractivity (Wildman–Crippen MR) is 175 cm³/mol. The van der Waals surface area contributed by atoms with Crippen LogP contribution in [0.3, 0.4) is 0 Å². The van der Waals surface area contributed by atoms with Gasteiger partial charge in [0, 0.05) is 29.9 Å². The molecule has 4 rings (SSSR count). The quantitative estimate of drug-likeness (QED) is 0.213. The molecule has 1 heterocycles. The Morgan fingerprint density at radius 3 is 1.91 bits per heavy atom. The van der Waals surface area contributed by atoms with Crippen LogP contribution >= 0.6 is 0 Å². The van der Waals surface area contributed by atoms with Gasteiger partial charge in [-0.05, 0) is 60.1 Å². The van der Waals surface area contributed by atoms with Crippen LogP contribution in [0, 0.1) is 73.9 Å². The number of likely N-dealkylation sites (tertiary alicyclic amines) is 1. The fourth-order valence-corrected chi connectivity index (χ4v) is 5.70. The standard InChI is InChI=1S/C39H29N7/c40-23-33(37(35(25-42)26-43)29-11-3-1-4-12-29)17-9-15-31-19-20-32(39(31)46-21-7-8-22-46)16-10-18-34(24-41)38(36(27-44)28-45)30-13-5-2-6-14-30/h1-6,9-18,35H,7-8,19-22H2/b16-10+,17-9+,31-15+,34-18+,37-33-. The van der Waals surface area contributed by atoms with E-state index in [1.807, 2.05) is 60.7 Å². The number of hydrogen-bond donors (Lipinski definition) is 0.